The van der Waals surface area contributed by atoms with Gasteiger partial charge in [-0.3, -0.25) is 39.2 Å². The molecule has 0 aliphatic carbocycles. The minimum Gasteiger partial charge on any atom is -0.404 e. The molecule has 5 amide bonds. The first-order valence-electron chi connectivity index (χ1n) is 23.6. The Morgan fingerprint density at radius 1 is 0.910 bits per heavy atom. The lowest BCUT2D eigenvalue weighted by Gasteiger charge is -2.42. The highest BCUT2D eigenvalue weighted by molar-refractivity contribution is 6.10. The number of aliphatic imine (C=N–C) groups is 1. The van der Waals surface area contributed by atoms with Crippen LogP contribution in [0.2, 0.25) is 0 Å². The molecule has 362 valence electrons. The second-order valence-electron chi connectivity index (χ2n) is 18.1. The van der Waals surface area contributed by atoms with E-state index in [1.54, 1.807) is 43.1 Å². The summed E-state index contributed by atoms with van der Waals surface area (Å²) in [7, 11) is 1.57. The quantitative estimate of drug-likeness (QED) is 0.106. The lowest BCUT2D eigenvalue weighted by molar-refractivity contribution is -0.134. The van der Waals surface area contributed by atoms with E-state index in [4.69, 9.17) is 11.5 Å². The zero-order valence-corrected chi connectivity index (χ0v) is 38.7. The highest BCUT2D eigenvalue weighted by Gasteiger charge is 2.34. The number of nitrogens with one attached hydrogen (secondary N) is 4. The van der Waals surface area contributed by atoms with Gasteiger partial charge in [0.25, 0.3) is 6.43 Å². The number of amides is 5. The number of fused-ring (bicyclic) bond motifs is 1. The normalized spacial score (nSPS) is 20.8. The molecule has 0 saturated carbocycles. The summed E-state index contributed by atoms with van der Waals surface area (Å²) in [4.78, 5) is 76.7. The van der Waals surface area contributed by atoms with Gasteiger partial charge in [0, 0.05) is 150 Å². The van der Waals surface area contributed by atoms with Gasteiger partial charge in [0.15, 0.2) is 0 Å². The number of anilines is 3. The molecular weight excluding hydrogens is 863 g/mol. The fourth-order valence-electron chi connectivity index (χ4n) is 9.84. The zero-order valence-electron chi connectivity index (χ0n) is 38.7. The SMILES string of the molecule is CN=CC(=CN)c1cc2c(cc1C(F)F)N(C(N)C1=C(NC3CCN(C(=O)CCCN4CCN(CC(=O)Nc5cccc(NC6CCC(=O)NC6=O)c5)CC4)CC3)CCN(C(C)=O)C1)CCC2. The van der Waals surface area contributed by atoms with E-state index in [1.165, 1.54) is 18.5 Å². The Morgan fingerprint density at radius 2 is 1.66 bits per heavy atom. The predicted molar refractivity (Wildman–Crippen MR) is 255 cm³/mol. The van der Waals surface area contributed by atoms with Crippen molar-refractivity contribution in [3.63, 3.8) is 0 Å². The molecule has 2 unspecified atom stereocenters. The smallest absolute Gasteiger partial charge is 0.264 e. The third-order valence-corrected chi connectivity index (χ3v) is 13.6. The van der Waals surface area contributed by atoms with Crippen molar-refractivity contribution in [3.8, 4) is 0 Å². The summed E-state index contributed by atoms with van der Waals surface area (Å²) in [5, 5.41) is 12.2. The monoisotopic (exact) mass is 929 g/mol. The third-order valence-electron chi connectivity index (χ3n) is 13.6. The average molecular weight is 929 g/mol. The van der Waals surface area contributed by atoms with E-state index in [2.05, 4.69) is 36.1 Å². The molecule has 19 heteroatoms. The molecule has 2 atom stereocenters. The zero-order chi connectivity index (χ0) is 47.6. The lowest BCUT2D eigenvalue weighted by atomic mass is 9.91. The molecule has 0 aromatic heterocycles. The number of piperidine rings is 2. The Balaban J connectivity index is 0.861. The maximum absolute atomic E-state index is 14.6. The molecule has 7 rings (SSSR count). The van der Waals surface area contributed by atoms with Crippen molar-refractivity contribution in [3.05, 3.63) is 70.6 Å². The molecule has 3 fully saturated rings. The molecule has 17 nitrogen and oxygen atoms in total. The Morgan fingerprint density at radius 3 is 2.36 bits per heavy atom. The number of benzene rings is 2. The van der Waals surface area contributed by atoms with E-state index in [-0.39, 0.29) is 54.1 Å². The van der Waals surface area contributed by atoms with Gasteiger partial charge < -0.3 is 47.0 Å². The van der Waals surface area contributed by atoms with Gasteiger partial charge in [-0.05, 0) is 86.5 Å². The topological polar surface area (TPSA) is 214 Å². The van der Waals surface area contributed by atoms with Crippen molar-refractivity contribution in [2.24, 2.45) is 16.5 Å². The van der Waals surface area contributed by atoms with Gasteiger partial charge in [0.05, 0.1) is 6.54 Å². The number of hydrogen-bond donors (Lipinski definition) is 6. The molecule has 5 aliphatic heterocycles. The molecule has 5 heterocycles. The minimum atomic E-state index is -2.74. The Kier molecular flexibility index (Phi) is 16.6. The summed E-state index contributed by atoms with van der Waals surface area (Å²) in [6.45, 7) is 8.41. The molecule has 67 heavy (non-hydrogen) atoms. The molecule has 0 spiro atoms. The van der Waals surface area contributed by atoms with E-state index in [0.717, 1.165) is 75.2 Å². The van der Waals surface area contributed by atoms with Gasteiger partial charge in [0.1, 0.15) is 12.2 Å². The number of aryl methyl sites for hydroxylation is 1. The lowest BCUT2D eigenvalue weighted by Crippen LogP contribution is -2.53. The van der Waals surface area contributed by atoms with Crippen molar-refractivity contribution < 1.29 is 32.8 Å². The minimum absolute atomic E-state index is 0.0518. The first-order chi connectivity index (χ1) is 32.3. The number of carbonyl (C=O) groups is 5. The third kappa shape index (κ3) is 12.5. The maximum Gasteiger partial charge on any atom is 0.264 e. The van der Waals surface area contributed by atoms with E-state index < -0.39 is 18.6 Å². The first-order valence-corrected chi connectivity index (χ1v) is 23.6. The van der Waals surface area contributed by atoms with E-state index in [0.29, 0.717) is 86.6 Å². The van der Waals surface area contributed by atoms with Gasteiger partial charge in [0.2, 0.25) is 29.5 Å². The van der Waals surface area contributed by atoms with Gasteiger partial charge in [-0.2, -0.15) is 0 Å². The molecule has 8 N–H and O–H groups in total. The van der Waals surface area contributed by atoms with Crippen LogP contribution < -0.4 is 37.6 Å². The van der Waals surface area contributed by atoms with Crippen LogP contribution in [-0.2, 0) is 30.4 Å². The van der Waals surface area contributed by atoms with Crippen molar-refractivity contribution in [2.45, 2.75) is 89.4 Å². The van der Waals surface area contributed by atoms with E-state index in [1.807, 2.05) is 15.9 Å². The predicted octanol–water partition coefficient (Wildman–Crippen LogP) is 3.00. The van der Waals surface area contributed by atoms with Crippen molar-refractivity contribution in [1.82, 2.24) is 30.2 Å². The van der Waals surface area contributed by atoms with Gasteiger partial charge >= 0.3 is 0 Å². The number of imide groups is 1. The van der Waals surface area contributed by atoms with E-state index in [9.17, 15) is 32.8 Å². The van der Waals surface area contributed by atoms with E-state index >= 15 is 0 Å². The number of allylic oxidation sites excluding steroid dienone is 1. The van der Waals surface area contributed by atoms with Crippen LogP contribution in [0.3, 0.4) is 0 Å². The molecule has 0 radical (unpaired) electrons. The number of nitrogens with two attached hydrogens (primary N) is 2. The second-order valence-corrected chi connectivity index (χ2v) is 18.1. The Hall–Kier alpha value is -5.92. The van der Waals surface area contributed by atoms with Crippen LogP contribution in [0.4, 0.5) is 25.8 Å². The molecular formula is C48H66F2N12O5. The highest BCUT2D eigenvalue weighted by atomic mass is 19.3. The molecule has 5 aliphatic rings. The van der Waals surface area contributed by atoms with Crippen molar-refractivity contribution in [1.29, 1.82) is 0 Å². The summed E-state index contributed by atoms with van der Waals surface area (Å²) >= 11 is 0. The number of alkyl halides is 2. The molecule has 2 aromatic carbocycles. The Labute approximate surface area is 391 Å². The number of nitrogens with zero attached hydrogens (tertiary/aromatic N) is 6. The molecule has 0 bridgehead atoms. The standard InChI is InChI=1S/C48H66F2N12O5/c1-31(63)61-19-14-40(39(29-61)47(52)62-16-4-6-32-24-37(33(27-51)28-53-2)38(46(49)50)26-42(32)62)54-34-12-17-60(18-13-34)45(66)9-5-15-58-20-22-59(23-21-58)30-44(65)56-36-8-3-7-35(25-36)55-41-10-11-43(64)57-48(41)67/h3,7-8,24-28,34,41,46-47,54-55H,4-6,9-23,29-30,51-52H2,1-2H3,(H,56,65)(H,57,64,67). The number of likely N-dealkylation sites (tertiary alicyclic amines) is 1. The first kappa shape index (κ1) is 49.0. The Bertz CT molecular complexity index is 2240. The van der Waals surface area contributed by atoms with Crippen LogP contribution in [0.5, 0.6) is 0 Å². The average Bonchev–Trinajstić information content (AvgIpc) is 3.31. The van der Waals surface area contributed by atoms with Crippen LogP contribution in [0.25, 0.3) is 5.57 Å². The van der Waals surface area contributed by atoms with Crippen LogP contribution in [0.15, 0.2) is 58.9 Å². The van der Waals surface area contributed by atoms with Crippen LogP contribution >= 0.6 is 0 Å². The van der Waals surface area contributed by atoms with Crippen LogP contribution in [0.1, 0.15) is 81.4 Å². The molecule has 3 saturated heterocycles. The maximum atomic E-state index is 14.6. The summed E-state index contributed by atoms with van der Waals surface area (Å²) in [5.41, 5.74) is 18.3. The number of halogens is 2. The fourth-order valence-corrected chi connectivity index (χ4v) is 9.84. The van der Waals surface area contributed by atoms with Crippen molar-refractivity contribution >= 4 is 58.4 Å². The fraction of sp³-hybridized carbons (Fsp3) is 0.542. The summed E-state index contributed by atoms with van der Waals surface area (Å²) in [6, 6.07) is 10.1. The van der Waals surface area contributed by atoms with Crippen molar-refractivity contribution in [2.75, 3.05) is 94.6 Å². The second kappa shape index (κ2) is 22.7. The number of hydrogen-bond acceptors (Lipinski definition) is 13. The van der Waals surface area contributed by atoms with Gasteiger partial charge in [-0.25, -0.2) is 8.78 Å². The van der Waals surface area contributed by atoms with Gasteiger partial charge in [-0.15, -0.1) is 0 Å². The van der Waals surface area contributed by atoms with Crippen LogP contribution in [-0.4, -0.2) is 153 Å². The number of piperazine rings is 1. The van der Waals surface area contributed by atoms with Crippen LogP contribution in [0, 0.1) is 0 Å². The van der Waals surface area contributed by atoms with Gasteiger partial charge in [-0.1, -0.05) is 6.07 Å². The summed E-state index contributed by atoms with van der Waals surface area (Å²) in [6.07, 6.45) is 4.88. The largest absolute Gasteiger partial charge is 0.404 e. The number of rotatable bonds is 16. The highest BCUT2D eigenvalue weighted by Crippen LogP contribution is 2.38. The number of carbonyl (C=O) groups excluding carboxylic acids is 5. The molecule has 2 aromatic rings. The summed E-state index contributed by atoms with van der Waals surface area (Å²) < 4.78 is 29.1. The summed E-state index contributed by atoms with van der Waals surface area (Å²) in [5.74, 6) is -0.658.